The number of benzene rings is 2. The third kappa shape index (κ3) is 6.46. The summed E-state index contributed by atoms with van der Waals surface area (Å²) in [6, 6.07) is 20.8. The number of hydrogen-bond donors (Lipinski definition) is 0. The summed E-state index contributed by atoms with van der Waals surface area (Å²) in [7, 11) is 0. The molecule has 0 N–H and O–H groups in total. The van der Waals surface area contributed by atoms with Gasteiger partial charge in [0.1, 0.15) is 0 Å². The first-order chi connectivity index (χ1) is 15.2. The molecule has 1 saturated carbocycles. The molecule has 0 bridgehead atoms. The fourth-order valence-electron chi connectivity index (χ4n) is 5.42. The Morgan fingerprint density at radius 2 is 1.58 bits per heavy atom. The number of unbranched alkanes of at least 4 members (excludes halogenated alkanes) is 5. The number of aryl methyl sites for hydroxylation is 1. The Labute approximate surface area is 190 Å². The van der Waals surface area contributed by atoms with Crippen molar-refractivity contribution in [3.8, 4) is 17.2 Å². The monoisotopic (exact) mass is 415 g/mol. The summed E-state index contributed by atoms with van der Waals surface area (Å²) in [4.78, 5) is 0. The molecule has 166 valence electrons. The average Bonchev–Trinajstić information content (AvgIpc) is 2.82. The molecule has 0 spiro atoms. The fraction of sp³-hybridized carbons (Fsp3) is 0.567. The van der Waals surface area contributed by atoms with Crippen LogP contribution < -0.4 is 0 Å². The number of hydrogen-bond acceptors (Lipinski definition) is 1. The molecule has 0 unspecified atom stereocenters. The zero-order chi connectivity index (χ0) is 21.9. The van der Waals surface area contributed by atoms with Gasteiger partial charge in [-0.2, -0.15) is 5.26 Å². The summed E-state index contributed by atoms with van der Waals surface area (Å²) in [5, 5.41) is 10.0. The molecular formula is C30H41N. The average molecular weight is 416 g/mol. The van der Waals surface area contributed by atoms with E-state index in [2.05, 4.69) is 68.4 Å². The molecule has 1 nitrogen and oxygen atoms in total. The number of nitriles is 1. The highest BCUT2D eigenvalue weighted by Gasteiger charge is 2.36. The van der Waals surface area contributed by atoms with Crippen LogP contribution in [-0.2, 0) is 6.42 Å². The van der Waals surface area contributed by atoms with E-state index in [4.69, 9.17) is 0 Å². The van der Waals surface area contributed by atoms with Gasteiger partial charge >= 0.3 is 0 Å². The van der Waals surface area contributed by atoms with Crippen LogP contribution in [0, 0.1) is 16.7 Å². The second-order valence-electron chi connectivity index (χ2n) is 9.72. The quantitative estimate of drug-likeness (QED) is 0.335. The van der Waals surface area contributed by atoms with E-state index in [1.165, 1.54) is 67.2 Å². The maximum Gasteiger partial charge on any atom is 0.0689 e. The molecule has 1 fully saturated rings. The van der Waals surface area contributed by atoms with Gasteiger partial charge in [0.2, 0.25) is 0 Å². The molecule has 1 heteroatoms. The number of rotatable bonds is 11. The lowest BCUT2D eigenvalue weighted by atomic mass is 9.66. The van der Waals surface area contributed by atoms with Gasteiger partial charge in [0.25, 0.3) is 0 Å². The van der Waals surface area contributed by atoms with Crippen molar-refractivity contribution in [2.45, 2.75) is 103 Å². The topological polar surface area (TPSA) is 23.8 Å². The van der Waals surface area contributed by atoms with Crippen LogP contribution in [0.4, 0.5) is 0 Å². The Morgan fingerprint density at radius 3 is 2.26 bits per heavy atom. The van der Waals surface area contributed by atoms with E-state index in [1.807, 2.05) is 0 Å². The molecule has 0 radical (unpaired) electrons. The van der Waals surface area contributed by atoms with Crippen LogP contribution in [0.15, 0.2) is 48.5 Å². The minimum Gasteiger partial charge on any atom is -0.198 e. The van der Waals surface area contributed by atoms with Crippen molar-refractivity contribution in [3.63, 3.8) is 0 Å². The van der Waals surface area contributed by atoms with E-state index in [1.54, 1.807) is 0 Å². The predicted octanol–water partition coefficient (Wildman–Crippen LogP) is 9.22. The van der Waals surface area contributed by atoms with Crippen molar-refractivity contribution < 1.29 is 0 Å². The lowest BCUT2D eigenvalue weighted by Gasteiger charge is -2.36. The van der Waals surface area contributed by atoms with Crippen LogP contribution in [0.5, 0.6) is 0 Å². The lowest BCUT2D eigenvalue weighted by Crippen LogP contribution is -2.25. The van der Waals surface area contributed by atoms with Gasteiger partial charge in [-0.1, -0.05) is 107 Å². The summed E-state index contributed by atoms with van der Waals surface area (Å²) in [5.41, 5.74) is 5.62. The Hall–Kier alpha value is -2.07. The summed E-state index contributed by atoms with van der Waals surface area (Å²) in [5.74, 6) is 0.582. The molecule has 0 heterocycles. The second-order valence-corrected chi connectivity index (χ2v) is 9.72. The predicted molar refractivity (Wildman–Crippen MR) is 133 cm³/mol. The number of nitrogens with zero attached hydrogens (tertiary/aromatic N) is 1. The van der Waals surface area contributed by atoms with Crippen molar-refractivity contribution in [2.24, 2.45) is 5.41 Å². The van der Waals surface area contributed by atoms with Crippen LogP contribution in [0.1, 0.15) is 108 Å². The SMILES string of the molecule is CCCCCCCCC1(C#N)CCC(c2cc(CCC)ccc2-c2ccccc2)CC1. The van der Waals surface area contributed by atoms with Gasteiger partial charge in [-0.3, -0.25) is 0 Å². The van der Waals surface area contributed by atoms with Crippen molar-refractivity contribution in [3.05, 3.63) is 59.7 Å². The van der Waals surface area contributed by atoms with Gasteiger partial charge in [-0.15, -0.1) is 0 Å². The molecule has 0 amide bonds. The van der Waals surface area contributed by atoms with Crippen LogP contribution in [0.25, 0.3) is 11.1 Å². The van der Waals surface area contributed by atoms with Crippen LogP contribution >= 0.6 is 0 Å². The summed E-state index contributed by atoms with van der Waals surface area (Å²) in [6.45, 7) is 4.53. The zero-order valence-corrected chi connectivity index (χ0v) is 19.8. The molecular weight excluding hydrogens is 374 g/mol. The second kappa shape index (κ2) is 12.1. The van der Waals surface area contributed by atoms with E-state index in [9.17, 15) is 5.26 Å². The zero-order valence-electron chi connectivity index (χ0n) is 19.8. The minimum atomic E-state index is -0.0742. The van der Waals surface area contributed by atoms with E-state index >= 15 is 0 Å². The molecule has 1 aliphatic rings. The summed E-state index contributed by atoms with van der Waals surface area (Å²) >= 11 is 0. The molecule has 0 aliphatic heterocycles. The van der Waals surface area contributed by atoms with Gasteiger partial charge in [-0.25, -0.2) is 0 Å². The summed E-state index contributed by atoms with van der Waals surface area (Å²) < 4.78 is 0. The van der Waals surface area contributed by atoms with Gasteiger partial charge in [0.05, 0.1) is 11.5 Å². The normalized spacial score (nSPS) is 21.0. The molecule has 0 atom stereocenters. The van der Waals surface area contributed by atoms with E-state index in [0.717, 1.165) is 38.5 Å². The standard InChI is InChI=1S/C30H41N/c1-3-5-6-7-8-12-20-30(24-31)21-18-27(19-22-30)29-23-25(13-4-2)16-17-28(29)26-14-10-9-11-15-26/h9-11,14-17,23,27H,3-8,12-13,18-22H2,1-2H3. The Balaban J connectivity index is 1.69. The minimum absolute atomic E-state index is 0.0742. The molecule has 3 rings (SSSR count). The van der Waals surface area contributed by atoms with Gasteiger partial charge in [-0.05, 0) is 66.7 Å². The van der Waals surface area contributed by atoms with Crippen molar-refractivity contribution >= 4 is 0 Å². The van der Waals surface area contributed by atoms with Gasteiger partial charge in [0, 0.05) is 0 Å². The smallest absolute Gasteiger partial charge is 0.0689 e. The highest BCUT2D eigenvalue weighted by atomic mass is 14.4. The Bertz CT molecular complexity index is 821. The van der Waals surface area contributed by atoms with E-state index in [0.29, 0.717) is 5.92 Å². The third-order valence-electron chi connectivity index (χ3n) is 7.37. The lowest BCUT2D eigenvalue weighted by molar-refractivity contribution is 0.223. The molecule has 2 aromatic rings. The Morgan fingerprint density at radius 1 is 0.871 bits per heavy atom. The third-order valence-corrected chi connectivity index (χ3v) is 7.37. The molecule has 2 aromatic carbocycles. The fourth-order valence-corrected chi connectivity index (χ4v) is 5.42. The maximum atomic E-state index is 10.0. The highest BCUT2D eigenvalue weighted by molar-refractivity contribution is 5.68. The largest absolute Gasteiger partial charge is 0.198 e. The first-order valence-electron chi connectivity index (χ1n) is 12.8. The Kier molecular flexibility index (Phi) is 9.20. The summed E-state index contributed by atoms with van der Waals surface area (Å²) in [6.07, 6.45) is 15.7. The highest BCUT2D eigenvalue weighted by Crippen LogP contribution is 2.47. The first-order valence-corrected chi connectivity index (χ1v) is 12.8. The van der Waals surface area contributed by atoms with Crippen LogP contribution in [0.3, 0.4) is 0 Å². The molecule has 0 aromatic heterocycles. The maximum absolute atomic E-state index is 10.0. The van der Waals surface area contributed by atoms with Gasteiger partial charge in [0.15, 0.2) is 0 Å². The van der Waals surface area contributed by atoms with Crippen molar-refractivity contribution in [1.29, 1.82) is 5.26 Å². The first kappa shape index (κ1) is 23.6. The van der Waals surface area contributed by atoms with E-state index < -0.39 is 0 Å². The van der Waals surface area contributed by atoms with Crippen LogP contribution in [0.2, 0.25) is 0 Å². The molecule has 1 aliphatic carbocycles. The van der Waals surface area contributed by atoms with Crippen molar-refractivity contribution in [2.75, 3.05) is 0 Å². The van der Waals surface area contributed by atoms with Gasteiger partial charge < -0.3 is 0 Å². The molecule has 31 heavy (non-hydrogen) atoms. The van der Waals surface area contributed by atoms with E-state index in [-0.39, 0.29) is 5.41 Å². The van der Waals surface area contributed by atoms with Crippen molar-refractivity contribution in [1.82, 2.24) is 0 Å². The van der Waals surface area contributed by atoms with Crippen LogP contribution in [-0.4, -0.2) is 0 Å². The molecule has 0 saturated heterocycles.